The molecule has 3 N–H and O–H groups in total. The number of ether oxygens (including phenoxy) is 2. The minimum atomic E-state index is -0.964. The number of aliphatic hydroxyl groups excluding tert-OH is 3. The quantitative estimate of drug-likeness (QED) is 0.330. The molecule has 2 unspecified atom stereocenters. The van der Waals surface area contributed by atoms with Crippen molar-refractivity contribution < 1.29 is 24.8 Å². The van der Waals surface area contributed by atoms with Crippen molar-refractivity contribution in [2.45, 2.75) is 12.2 Å². The van der Waals surface area contributed by atoms with Gasteiger partial charge in [0.2, 0.25) is 0 Å². The zero-order valence-electron chi connectivity index (χ0n) is 8.13. The van der Waals surface area contributed by atoms with Crippen molar-refractivity contribution in [3.63, 3.8) is 0 Å². The van der Waals surface area contributed by atoms with E-state index in [1.165, 1.54) is 6.08 Å². The third-order valence-electron chi connectivity index (χ3n) is 1.53. The Balaban J connectivity index is 3.22. The molecule has 5 heteroatoms. The molecular weight excluding hydrogens is 188 g/mol. The molecule has 0 aromatic rings. The van der Waals surface area contributed by atoms with Gasteiger partial charge in [-0.1, -0.05) is 6.08 Å². The second-order valence-electron chi connectivity index (χ2n) is 2.70. The zero-order chi connectivity index (χ0) is 10.8. The Kier molecular flexibility index (Phi) is 8.81. The lowest BCUT2D eigenvalue weighted by atomic mass is 10.2. The minimum Gasteiger partial charge on any atom is -0.394 e. The molecule has 84 valence electrons. The Morgan fingerprint density at radius 1 is 1.14 bits per heavy atom. The van der Waals surface area contributed by atoms with Gasteiger partial charge < -0.3 is 24.8 Å². The normalized spacial score (nSPS) is 15.1. The first-order valence-electron chi connectivity index (χ1n) is 4.47. The molecule has 14 heavy (non-hydrogen) atoms. The fourth-order valence-corrected chi connectivity index (χ4v) is 0.744. The molecular formula is C9H18O5. The van der Waals surface area contributed by atoms with E-state index in [0.717, 1.165) is 0 Å². The summed E-state index contributed by atoms with van der Waals surface area (Å²) in [6.45, 7) is 4.31. The smallest absolute Gasteiger partial charge is 0.107 e. The van der Waals surface area contributed by atoms with E-state index < -0.39 is 12.2 Å². The van der Waals surface area contributed by atoms with Crippen LogP contribution in [-0.2, 0) is 9.47 Å². The zero-order valence-corrected chi connectivity index (χ0v) is 8.13. The van der Waals surface area contributed by atoms with Gasteiger partial charge in [-0.15, -0.1) is 6.58 Å². The van der Waals surface area contributed by atoms with Gasteiger partial charge in [0.25, 0.3) is 0 Å². The van der Waals surface area contributed by atoms with Gasteiger partial charge in [-0.05, 0) is 0 Å². The average Bonchev–Trinajstić information content (AvgIpc) is 2.21. The highest BCUT2D eigenvalue weighted by Gasteiger charge is 2.11. The standard InChI is InChI=1S/C9H18O5/c1-2-8(11)9(12)7-14-6-5-13-4-3-10/h2,8-12H,1,3-7H2. The molecule has 0 aromatic heterocycles. The van der Waals surface area contributed by atoms with Gasteiger partial charge in [-0.2, -0.15) is 0 Å². The molecule has 0 aliphatic heterocycles. The summed E-state index contributed by atoms with van der Waals surface area (Å²) in [5.41, 5.74) is 0. The molecule has 0 radical (unpaired) electrons. The molecule has 0 saturated carbocycles. The van der Waals surface area contributed by atoms with Gasteiger partial charge in [0.05, 0.1) is 39.1 Å². The largest absolute Gasteiger partial charge is 0.394 e. The van der Waals surface area contributed by atoms with E-state index >= 15 is 0 Å². The van der Waals surface area contributed by atoms with E-state index in [-0.39, 0.29) is 19.8 Å². The number of hydrogen-bond acceptors (Lipinski definition) is 5. The summed E-state index contributed by atoms with van der Waals surface area (Å²) < 4.78 is 9.91. The molecule has 0 spiro atoms. The molecule has 0 fully saturated rings. The fourth-order valence-electron chi connectivity index (χ4n) is 0.744. The van der Waals surface area contributed by atoms with E-state index in [0.29, 0.717) is 13.2 Å². The van der Waals surface area contributed by atoms with Crippen LogP contribution in [0, 0.1) is 0 Å². The summed E-state index contributed by atoms with van der Waals surface area (Å²) in [7, 11) is 0. The summed E-state index contributed by atoms with van der Waals surface area (Å²) in [5.74, 6) is 0. The molecule has 0 heterocycles. The van der Waals surface area contributed by atoms with E-state index in [1.807, 2.05) is 0 Å². The third kappa shape index (κ3) is 6.99. The van der Waals surface area contributed by atoms with Gasteiger partial charge in [0.15, 0.2) is 0 Å². The van der Waals surface area contributed by atoms with Crippen molar-refractivity contribution in [2.75, 3.05) is 33.0 Å². The van der Waals surface area contributed by atoms with Crippen molar-refractivity contribution in [3.8, 4) is 0 Å². The van der Waals surface area contributed by atoms with Gasteiger partial charge >= 0.3 is 0 Å². The van der Waals surface area contributed by atoms with Crippen LogP contribution in [0.15, 0.2) is 12.7 Å². The maximum atomic E-state index is 9.19. The van der Waals surface area contributed by atoms with Crippen LogP contribution in [0.1, 0.15) is 0 Å². The Morgan fingerprint density at radius 2 is 1.79 bits per heavy atom. The third-order valence-corrected chi connectivity index (χ3v) is 1.53. The predicted molar refractivity (Wildman–Crippen MR) is 50.9 cm³/mol. The first-order valence-corrected chi connectivity index (χ1v) is 4.47. The van der Waals surface area contributed by atoms with Crippen molar-refractivity contribution in [2.24, 2.45) is 0 Å². The highest BCUT2D eigenvalue weighted by Crippen LogP contribution is 1.95. The molecule has 0 rings (SSSR count). The lowest BCUT2D eigenvalue weighted by Crippen LogP contribution is -2.29. The van der Waals surface area contributed by atoms with E-state index in [1.54, 1.807) is 0 Å². The Morgan fingerprint density at radius 3 is 2.36 bits per heavy atom. The fraction of sp³-hybridized carbons (Fsp3) is 0.778. The highest BCUT2D eigenvalue weighted by molar-refractivity contribution is 4.83. The van der Waals surface area contributed by atoms with Crippen LogP contribution in [0.5, 0.6) is 0 Å². The molecule has 0 saturated heterocycles. The topological polar surface area (TPSA) is 79.2 Å². The molecule has 2 atom stereocenters. The van der Waals surface area contributed by atoms with Crippen molar-refractivity contribution in [1.29, 1.82) is 0 Å². The SMILES string of the molecule is C=CC(O)C(O)COCCOCCO. The molecule has 0 aromatic carbocycles. The van der Waals surface area contributed by atoms with Crippen molar-refractivity contribution >= 4 is 0 Å². The van der Waals surface area contributed by atoms with Crippen LogP contribution in [0.3, 0.4) is 0 Å². The Bertz CT molecular complexity index is 139. The minimum absolute atomic E-state index is 0.0161. The van der Waals surface area contributed by atoms with Crippen molar-refractivity contribution in [1.82, 2.24) is 0 Å². The van der Waals surface area contributed by atoms with Crippen LogP contribution in [-0.4, -0.2) is 60.6 Å². The second kappa shape index (κ2) is 9.11. The second-order valence-corrected chi connectivity index (χ2v) is 2.70. The van der Waals surface area contributed by atoms with Crippen LogP contribution >= 0.6 is 0 Å². The lowest BCUT2D eigenvalue weighted by Gasteiger charge is -2.14. The van der Waals surface area contributed by atoms with Crippen molar-refractivity contribution in [3.05, 3.63) is 12.7 Å². The van der Waals surface area contributed by atoms with E-state index in [9.17, 15) is 5.11 Å². The first kappa shape index (κ1) is 13.5. The van der Waals surface area contributed by atoms with Crippen LogP contribution in [0.4, 0.5) is 0 Å². The number of aliphatic hydroxyl groups is 3. The Labute approximate surface area is 83.6 Å². The van der Waals surface area contributed by atoms with Gasteiger partial charge in [-0.25, -0.2) is 0 Å². The van der Waals surface area contributed by atoms with Gasteiger partial charge in [0, 0.05) is 0 Å². The molecule has 0 aliphatic rings. The van der Waals surface area contributed by atoms with Gasteiger partial charge in [0.1, 0.15) is 6.10 Å². The van der Waals surface area contributed by atoms with Crippen LogP contribution < -0.4 is 0 Å². The molecule has 0 aliphatic carbocycles. The summed E-state index contributed by atoms with van der Waals surface area (Å²) in [4.78, 5) is 0. The molecule has 0 bridgehead atoms. The van der Waals surface area contributed by atoms with Gasteiger partial charge in [-0.3, -0.25) is 0 Å². The number of hydrogen-bond donors (Lipinski definition) is 3. The molecule has 0 amide bonds. The summed E-state index contributed by atoms with van der Waals surface area (Å²) >= 11 is 0. The maximum absolute atomic E-state index is 9.19. The average molecular weight is 206 g/mol. The monoisotopic (exact) mass is 206 g/mol. The summed E-state index contributed by atoms with van der Waals surface area (Å²) in [5, 5.41) is 26.6. The van der Waals surface area contributed by atoms with E-state index in [2.05, 4.69) is 6.58 Å². The van der Waals surface area contributed by atoms with Crippen LogP contribution in [0.2, 0.25) is 0 Å². The first-order chi connectivity index (χ1) is 6.72. The van der Waals surface area contributed by atoms with Crippen LogP contribution in [0.25, 0.3) is 0 Å². The molecule has 5 nitrogen and oxygen atoms in total. The summed E-state index contributed by atoms with van der Waals surface area (Å²) in [6, 6.07) is 0. The summed E-state index contributed by atoms with van der Waals surface area (Å²) in [6.07, 6.45) is -0.672. The number of rotatable bonds is 9. The lowest BCUT2D eigenvalue weighted by molar-refractivity contribution is -0.0359. The van der Waals surface area contributed by atoms with E-state index in [4.69, 9.17) is 19.7 Å². The maximum Gasteiger partial charge on any atom is 0.107 e. The highest BCUT2D eigenvalue weighted by atomic mass is 16.5. The Hall–Kier alpha value is -0.460. The predicted octanol–water partition coefficient (Wildman–Crippen LogP) is -1.08.